The number of rotatable bonds is 2. The monoisotopic (exact) mass is 311 g/mol. The lowest BCUT2D eigenvalue weighted by molar-refractivity contribution is 0.0682. The molecule has 1 aromatic heterocycles. The van der Waals surface area contributed by atoms with E-state index in [2.05, 4.69) is 4.98 Å². The van der Waals surface area contributed by atoms with E-state index in [4.69, 9.17) is 5.73 Å². The maximum absolute atomic E-state index is 12.2. The molecule has 1 unspecified atom stereocenters. The second kappa shape index (κ2) is 7.94. The number of halogens is 2. The summed E-state index contributed by atoms with van der Waals surface area (Å²) in [5.41, 5.74) is 8.23. The van der Waals surface area contributed by atoms with Crippen molar-refractivity contribution >= 4 is 42.1 Å². The summed E-state index contributed by atoms with van der Waals surface area (Å²) >= 11 is 1.43. The first-order valence-corrected chi connectivity index (χ1v) is 6.49. The Labute approximate surface area is 124 Å². The molecule has 1 amide bonds. The molecule has 1 fully saturated rings. The van der Waals surface area contributed by atoms with Crippen LogP contribution in [0.5, 0.6) is 0 Å². The molecule has 0 radical (unpaired) electrons. The average molecular weight is 312 g/mol. The highest BCUT2D eigenvalue weighted by Crippen LogP contribution is 2.20. The zero-order valence-electron chi connectivity index (χ0n) is 10.3. The first kappa shape index (κ1) is 17.6. The van der Waals surface area contributed by atoms with E-state index in [0.29, 0.717) is 12.5 Å². The number of carbonyl (C=O) groups is 1. The number of hydrogen-bond acceptors (Lipinski definition) is 4. The number of aromatic nitrogens is 1. The Hall–Kier alpha value is -0.360. The van der Waals surface area contributed by atoms with Crippen molar-refractivity contribution in [3.05, 3.63) is 16.1 Å². The van der Waals surface area contributed by atoms with E-state index >= 15 is 0 Å². The number of hydrogen-bond donors (Lipinski definition) is 1. The first-order chi connectivity index (χ1) is 7.72. The lowest BCUT2D eigenvalue weighted by Gasteiger charge is -2.31. The van der Waals surface area contributed by atoms with Crippen LogP contribution in [0, 0.1) is 12.8 Å². The first-order valence-electron chi connectivity index (χ1n) is 5.61. The van der Waals surface area contributed by atoms with Crippen LogP contribution in [0.3, 0.4) is 0 Å². The molecule has 1 aromatic rings. The van der Waals surface area contributed by atoms with Gasteiger partial charge >= 0.3 is 0 Å². The molecule has 0 saturated carbocycles. The third kappa shape index (κ3) is 3.82. The molecule has 0 aromatic carbocycles. The molecule has 7 heteroatoms. The van der Waals surface area contributed by atoms with Crippen molar-refractivity contribution in [1.29, 1.82) is 0 Å². The van der Waals surface area contributed by atoms with Gasteiger partial charge in [0.15, 0.2) is 0 Å². The summed E-state index contributed by atoms with van der Waals surface area (Å²) in [4.78, 5) is 19.0. The molecule has 1 saturated heterocycles. The van der Waals surface area contributed by atoms with Crippen LogP contribution >= 0.6 is 36.2 Å². The van der Waals surface area contributed by atoms with Gasteiger partial charge in [-0.3, -0.25) is 4.79 Å². The molecule has 2 rings (SSSR count). The molecule has 1 aliphatic heterocycles. The van der Waals surface area contributed by atoms with Gasteiger partial charge in [-0.15, -0.1) is 36.2 Å². The SMILES string of the molecule is Cc1ncsc1C(=O)N1CCCC(CN)C1.Cl.Cl. The summed E-state index contributed by atoms with van der Waals surface area (Å²) in [7, 11) is 0. The summed E-state index contributed by atoms with van der Waals surface area (Å²) in [5, 5.41) is 0. The van der Waals surface area contributed by atoms with Crippen LogP contribution in [0.4, 0.5) is 0 Å². The maximum atomic E-state index is 12.2. The van der Waals surface area contributed by atoms with E-state index in [1.165, 1.54) is 11.3 Å². The minimum atomic E-state index is 0. The fourth-order valence-electron chi connectivity index (χ4n) is 2.09. The standard InChI is InChI=1S/C11H17N3OS.2ClH/c1-8-10(16-7-13-8)11(15)14-4-2-3-9(5-12)6-14;;/h7,9H,2-6,12H2,1H3;2*1H. The molecule has 0 aliphatic carbocycles. The fraction of sp³-hybridized carbons (Fsp3) is 0.636. The zero-order valence-corrected chi connectivity index (χ0v) is 12.7. The van der Waals surface area contributed by atoms with Gasteiger partial charge < -0.3 is 10.6 Å². The Morgan fingerprint density at radius 2 is 2.33 bits per heavy atom. The molecule has 2 heterocycles. The summed E-state index contributed by atoms with van der Waals surface area (Å²) in [6, 6.07) is 0. The zero-order chi connectivity index (χ0) is 11.5. The fourth-order valence-corrected chi connectivity index (χ4v) is 2.86. The Kier molecular flexibility index (Phi) is 7.78. The summed E-state index contributed by atoms with van der Waals surface area (Å²) < 4.78 is 0. The van der Waals surface area contributed by atoms with Crippen LogP contribution in [-0.4, -0.2) is 35.4 Å². The van der Waals surface area contributed by atoms with Crippen LogP contribution in [0.1, 0.15) is 28.2 Å². The van der Waals surface area contributed by atoms with Gasteiger partial charge in [-0.1, -0.05) is 0 Å². The van der Waals surface area contributed by atoms with Crippen molar-refractivity contribution in [2.45, 2.75) is 19.8 Å². The molecule has 0 spiro atoms. The molecule has 0 bridgehead atoms. The van der Waals surface area contributed by atoms with Gasteiger partial charge in [0.05, 0.1) is 11.2 Å². The number of likely N-dealkylation sites (tertiary alicyclic amines) is 1. The number of nitrogens with zero attached hydrogens (tertiary/aromatic N) is 2. The number of amides is 1. The van der Waals surface area contributed by atoms with Gasteiger partial charge in [0.1, 0.15) is 4.88 Å². The highest BCUT2D eigenvalue weighted by molar-refractivity contribution is 7.11. The number of thiazole rings is 1. The van der Waals surface area contributed by atoms with Crippen molar-refractivity contribution in [3.8, 4) is 0 Å². The Bertz CT molecular complexity index is 386. The molecule has 104 valence electrons. The predicted molar refractivity (Wildman–Crippen MR) is 79.0 cm³/mol. The lowest BCUT2D eigenvalue weighted by Crippen LogP contribution is -2.42. The summed E-state index contributed by atoms with van der Waals surface area (Å²) in [6.07, 6.45) is 2.20. The Morgan fingerprint density at radius 3 is 2.89 bits per heavy atom. The van der Waals surface area contributed by atoms with Gasteiger partial charge in [-0.25, -0.2) is 4.98 Å². The highest BCUT2D eigenvalue weighted by Gasteiger charge is 2.25. The van der Waals surface area contributed by atoms with E-state index in [1.807, 2.05) is 11.8 Å². The molecule has 18 heavy (non-hydrogen) atoms. The van der Waals surface area contributed by atoms with Crippen molar-refractivity contribution < 1.29 is 4.79 Å². The molecule has 1 atom stereocenters. The van der Waals surface area contributed by atoms with Crippen LogP contribution < -0.4 is 5.73 Å². The number of aryl methyl sites for hydroxylation is 1. The Morgan fingerprint density at radius 1 is 1.61 bits per heavy atom. The summed E-state index contributed by atoms with van der Waals surface area (Å²) in [6.45, 7) is 4.21. The number of nitrogens with two attached hydrogens (primary N) is 1. The van der Waals surface area contributed by atoms with Gasteiger partial charge in [0.25, 0.3) is 5.91 Å². The minimum absolute atomic E-state index is 0. The van der Waals surface area contributed by atoms with E-state index in [1.54, 1.807) is 5.51 Å². The van der Waals surface area contributed by atoms with Crippen molar-refractivity contribution in [2.75, 3.05) is 19.6 Å². The molecule has 1 aliphatic rings. The molecular formula is C11H19Cl2N3OS. The second-order valence-corrected chi connectivity index (χ2v) is 5.12. The van der Waals surface area contributed by atoms with Gasteiger partial charge in [0.2, 0.25) is 0 Å². The maximum Gasteiger partial charge on any atom is 0.265 e. The smallest absolute Gasteiger partial charge is 0.265 e. The average Bonchev–Trinajstić information content (AvgIpc) is 2.74. The highest BCUT2D eigenvalue weighted by atomic mass is 35.5. The normalized spacial score (nSPS) is 18.8. The van der Waals surface area contributed by atoms with Crippen molar-refractivity contribution in [1.82, 2.24) is 9.88 Å². The number of carbonyl (C=O) groups excluding carboxylic acids is 1. The molecular weight excluding hydrogens is 293 g/mol. The lowest BCUT2D eigenvalue weighted by atomic mass is 9.98. The van der Waals surface area contributed by atoms with Gasteiger partial charge in [0, 0.05) is 13.1 Å². The minimum Gasteiger partial charge on any atom is -0.338 e. The quantitative estimate of drug-likeness (QED) is 0.910. The van der Waals surface area contributed by atoms with Crippen LogP contribution in [0.2, 0.25) is 0 Å². The predicted octanol–water partition coefficient (Wildman–Crippen LogP) is 2.11. The third-order valence-corrected chi connectivity index (χ3v) is 4.00. The molecule has 4 nitrogen and oxygen atoms in total. The van der Waals surface area contributed by atoms with E-state index in [9.17, 15) is 4.79 Å². The second-order valence-electron chi connectivity index (χ2n) is 4.26. The van der Waals surface area contributed by atoms with E-state index < -0.39 is 0 Å². The summed E-state index contributed by atoms with van der Waals surface area (Å²) in [5.74, 6) is 0.587. The van der Waals surface area contributed by atoms with Crippen LogP contribution in [0.15, 0.2) is 5.51 Å². The van der Waals surface area contributed by atoms with Crippen molar-refractivity contribution in [2.24, 2.45) is 11.7 Å². The third-order valence-electron chi connectivity index (χ3n) is 3.08. The number of piperidine rings is 1. The topological polar surface area (TPSA) is 59.2 Å². The largest absolute Gasteiger partial charge is 0.338 e. The van der Waals surface area contributed by atoms with E-state index in [0.717, 1.165) is 36.5 Å². The Balaban J connectivity index is 0.00000144. The van der Waals surface area contributed by atoms with Gasteiger partial charge in [-0.05, 0) is 32.2 Å². The van der Waals surface area contributed by atoms with Gasteiger partial charge in [-0.2, -0.15) is 0 Å². The van der Waals surface area contributed by atoms with Crippen molar-refractivity contribution in [3.63, 3.8) is 0 Å². The molecule has 2 N–H and O–H groups in total. The van der Waals surface area contributed by atoms with E-state index in [-0.39, 0.29) is 30.7 Å². The van der Waals surface area contributed by atoms with Crippen LogP contribution in [-0.2, 0) is 0 Å². The van der Waals surface area contributed by atoms with Crippen LogP contribution in [0.25, 0.3) is 0 Å².